The number of benzene rings is 1. The maximum Gasteiger partial charge on any atom is 0.132 e. The quantitative estimate of drug-likeness (QED) is 0.723. The summed E-state index contributed by atoms with van der Waals surface area (Å²) in [4.78, 5) is 0. The van der Waals surface area contributed by atoms with Crippen LogP contribution in [0, 0.1) is 5.82 Å². The van der Waals surface area contributed by atoms with Crippen molar-refractivity contribution in [2.75, 3.05) is 5.88 Å². The van der Waals surface area contributed by atoms with Crippen molar-refractivity contribution in [2.45, 2.75) is 44.4 Å². The molecule has 1 aromatic heterocycles. The maximum absolute atomic E-state index is 13.9. The van der Waals surface area contributed by atoms with Crippen molar-refractivity contribution >= 4 is 11.6 Å². The van der Waals surface area contributed by atoms with Gasteiger partial charge in [0.05, 0.1) is 11.4 Å². The normalized spacial score (nSPS) is 24.6. The average molecular weight is 319 g/mol. The molecule has 116 valence electrons. The van der Waals surface area contributed by atoms with Gasteiger partial charge >= 0.3 is 0 Å². The third kappa shape index (κ3) is 2.23. The Kier molecular flexibility index (Phi) is 4.18. The number of fused-ring (bicyclic) bond motifs is 5. The molecule has 1 aromatic carbocycles. The number of hydrogen-bond acceptors (Lipinski definition) is 2. The highest BCUT2D eigenvalue weighted by Gasteiger charge is 2.50. The summed E-state index contributed by atoms with van der Waals surface area (Å²) >= 11 is 6.17. The molecule has 22 heavy (non-hydrogen) atoms. The summed E-state index contributed by atoms with van der Waals surface area (Å²) < 4.78 is 13.9. The van der Waals surface area contributed by atoms with Gasteiger partial charge in [0.15, 0.2) is 0 Å². The number of aromatic nitrogens is 2. The van der Waals surface area contributed by atoms with Crippen molar-refractivity contribution in [1.29, 1.82) is 0 Å². The van der Waals surface area contributed by atoms with Crippen LogP contribution in [0.2, 0.25) is 0 Å². The van der Waals surface area contributed by atoms with Gasteiger partial charge in [-0.05, 0) is 48.9 Å². The zero-order chi connectivity index (χ0) is 15.7. The van der Waals surface area contributed by atoms with Gasteiger partial charge in [-0.25, -0.2) is 4.39 Å². The minimum absolute atomic E-state index is 0.0162. The molecule has 4 heteroatoms. The molecule has 0 aliphatic heterocycles. The monoisotopic (exact) mass is 318 g/mol. The van der Waals surface area contributed by atoms with Crippen LogP contribution >= 0.6 is 11.6 Å². The largest absolute Gasteiger partial charge is 0.206 e. The van der Waals surface area contributed by atoms with Crippen LogP contribution in [0.3, 0.4) is 0 Å². The molecule has 0 saturated heterocycles. The minimum atomic E-state index is -0.253. The molecule has 4 rings (SSSR count). The van der Waals surface area contributed by atoms with E-state index in [0.717, 1.165) is 25.0 Å². The lowest BCUT2D eigenvalue weighted by atomic mass is 9.85. The molecule has 2 atom stereocenters. The first-order valence-corrected chi connectivity index (χ1v) is 8.46. The van der Waals surface area contributed by atoms with Crippen molar-refractivity contribution < 1.29 is 4.39 Å². The Morgan fingerprint density at radius 2 is 2.05 bits per heavy atom. The highest BCUT2D eigenvalue weighted by atomic mass is 35.5. The molecule has 1 fully saturated rings. The van der Waals surface area contributed by atoms with Gasteiger partial charge in [-0.2, -0.15) is 10.2 Å². The predicted molar refractivity (Wildman–Crippen MR) is 87.8 cm³/mol. The van der Waals surface area contributed by atoms with Crippen LogP contribution in [0.1, 0.15) is 50.3 Å². The van der Waals surface area contributed by atoms with E-state index >= 15 is 0 Å². The van der Waals surface area contributed by atoms with Crippen LogP contribution in [0.4, 0.5) is 4.39 Å². The van der Waals surface area contributed by atoms with Crippen molar-refractivity contribution in [1.82, 2.24) is 10.2 Å². The summed E-state index contributed by atoms with van der Waals surface area (Å²) in [6.07, 6.45) is 3.32. The van der Waals surface area contributed by atoms with Gasteiger partial charge < -0.3 is 0 Å². The lowest BCUT2D eigenvalue weighted by Crippen LogP contribution is -2.25. The Balaban J connectivity index is 0.000000693. The van der Waals surface area contributed by atoms with E-state index in [1.54, 1.807) is 12.1 Å². The number of halogens is 2. The summed E-state index contributed by atoms with van der Waals surface area (Å²) in [5.74, 6) is 0.867. The van der Waals surface area contributed by atoms with Crippen LogP contribution in [0.5, 0.6) is 0 Å². The maximum atomic E-state index is 13.9. The van der Waals surface area contributed by atoms with Gasteiger partial charge in [0.1, 0.15) is 5.82 Å². The van der Waals surface area contributed by atoms with Crippen LogP contribution in [0.25, 0.3) is 11.3 Å². The van der Waals surface area contributed by atoms with Crippen molar-refractivity contribution in [2.24, 2.45) is 0 Å². The highest BCUT2D eigenvalue weighted by Crippen LogP contribution is 2.57. The molecule has 0 spiro atoms. The molecular weight excluding hydrogens is 299 g/mol. The van der Waals surface area contributed by atoms with Crippen molar-refractivity contribution in [3.8, 4) is 11.3 Å². The van der Waals surface area contributed by atoms with Crippen LogP contribution in [-0.4, -0.2) is 16.1 Å². The lowest BCUT2D eigenvalue weighted by molar-refractivity contribution is 0.491. The van der Waals surface area contributed by atoms with Crippen LogP contribution in [-0.2, 0) is 5.41 Å². The predicted octanol–water partition coefficient (Wildman–Crippen LogP) is 5.07. The van der Waals surface area contributed by atoms with Crippen molar-refractivity contribution in [3.05, 3.63) is 47.4 Å². The lowest BCUT2D eigenvalue weighted by Gasteiger charge is -2.24. The first-order chi connectivity index (χ1) is 10.7. The Morgan fingerprint density at radius 3 is 2.77 bits per heavy atom. The molecular formula is C18H20ClFN2. The molecule has 0 amide bonds. The topological polar surface area (TPSA) is 25.8 Å². The summed E-state index contributed by atoms with van der Waals surface area (Å²) in [5, 5.41) is 8.65. The fraction of sp³-hybridized carbons (Fsp3) is 0.444. The second-order valence-corrected chi connectivity index (χ2v) is 6.13. The van der Waals surface area contributed by atoms with Crippen LogP contribution in [0.15, 0.2) is 30.3 Å². The fourth-order valence-corrected chi connectivity index (χ4v) is 4.09. The van der Waals surface area contributed by atoms with Crippen LogP contribution < -0.4 is 0 Å². The average Bonchev–Trinajstić information content (AvgIpc) is 3.15. The Bertz CT molecular complexity index is 689. The Morgan fingerprint density at radius 1 is 1.27 bits per heavy atom. The molecule has 2 aromatic rings. The molecule has 1 saturated carbocycles. The first-order valence-electron chi connectivity index (χ1n) is 7.92. The fourth-order valence-electron chi connectivity index (χ4n) is 3.72. The number of alkyl halides is 1. The molecule has 0 unspecified atom stereocenters. The Hall–Kier alpha value is -1.48. The number of nitrogens with zero attached hydrogens (tertiary/aromatic N) is 2. The van der Waals surface area contributed by atoms with E-state index in [0.29, 0.717) is 23.1 Å². The number of rotatable bonds is 2. The second-order valence-electron chi connectivity index (χ2n) is 5.87. The van der Waals surface area contributed by atoms with Gasteiger partial charge in [-0.3, -0.25) is 0 Å². The van der Waals surface area contributed by atoms with E-state index in [-0.39, 0.29) is 11.2 Å². The highest BCUT2D eigenvalue weighted by molar-refractivity contribution is 6.18. The first kappa shape index (κ1) is 15.4. The van der Waals surface area contributed by atoms with Crippen molar-refractivity contribution in [3.63, 3.8) is 0 Å². The molecule has 0 N–H and O–H groups in total. The smallest absolute Gasteiger partial charge is 0.132 e. The summed E-state index contributed by atoms with van der Waals surface area (Å²) in [7, 11) is 0. The third-order valence-corrected chi connectivity index (χ3v) is 5.29. The van der Waals surface area contributed by atoms with E-state index in [1.165, 1.54) is 11.6 Å². The molecule has 2 bridgehead atoms. The minimum Gasteiger partial charge on any atom is -0.206 e. The summed E-state index contributed by atoms with van der Waals surface area (Å²) in [6.45, 7) is 4.00. The molecule has 2 aliphatic carbocycles. The zero-order valence-corrected chi connectivity index (χ0v) is 13.7. The van der Waals surface area contributed by atoms with Gasteiger partial charge in [0, 0.05) is 16.9 Å². The van der Waals surface area contributed by atoms with E-state index in [9.17, 15) is 4.39 Å². The second kappa shape index (κ2) is 5.96. The molecule has 0 radical (unpaired) electrons. The summed E-state index contributed by atoms with van der Waals surface area (Å²) in [5.41, 5.74) is 3.43. The Labute approximate surface area is 135 Å². The van der Waals surface area contributed by atoms with E-state index in [1.807, 2.05) is 26.0 Å². The van der Waals surface area contributed by atoms with E-state index in [2.05, 4.69) is 10.2 Å². The van der Waals surface area contributed by atoms with Gasteiger partial charge in [0.2, 0.25) is 0 Å². The van der Waals surface area contributed by atoms with Gasteiger partial charge in [-0.1, -0.05) is 26.0 Å². The zero-order valence-electron chi connectivity index (χ0n) is 12.9. The summed E-state index contributed by atoms with van der Waals surface area (Å²) in [6, 6.07) is 8.72. The SMILES string of the molecule is CC.Fc1ccccc1-c1cc2c(nn1)[C@]1(CCl)CC[C@H]2C1. The molecule has 2 aliphatic rings. The van der Waals surface area contributed by atoms with E-state index < -0.39 is 0 Å². The third-order valence-electron chi connectivity index (χ3n) is 4.78. The van der Waals surface area contributed by atoms with Gasteiger partial charge in [0.25, 0.3) is 0 Å². The van der Waals surface area contributed by atoms with Gasteiger partial charge in [-0.15, -0.1) is 11.6 Å². The number of hydrogen-bond donors (Lipinski definition) is 0. The molecule has 1 heterocycles. The van der Waals surface area contributed by atoms with E-state index in [4.69, 9.17) is 11.6 Å². The molecule has 2 nitrogen and oxygen atoms in total. The standard InChI is InChI=1S/C16H14ClFN2.C2H6/c17-9-16-6-5-10(8-16)12-7-14(19-20-15(12)16)11-3-1-2-4-13(11)18;1-2/h1-4,7,10H,5-6,8-9H2;1-2H3/t10-,16+;/m0./s1.